The minimum atomic E-state index is -4.11. The van der Waals surface area contributed by atoms with Crippen LogP contribution in [0.25, 0.3) is 0 Å². The molecule has 4 atom stereocenters. The van der Waals surface area contributed by atoms with Gasteiger partial charge in [-0.25, -0.2) is 15.1 Å². The number of aliphatic hydroxyl groups is 1. The number of rotatable bonds is 9. The van der Waals surface area contributed by atoms with Crippen LogP contribution in [0.3, 0.4) is 0 Å². The number of aromatic nitrogens is 2. The normalized spacial score (nSPS) is 20.9. The Morgan fingerprint density at radius 2 is 2.17 bits per heavy atom. The molecule has 10 nitrogen and oxygen atoms in total. The van der Waals surface area contributed by atoms with Crippen molar-refractivity contribution in [3.8, 4) is 0 Å². The molecule has 2 heterocycles. The summed E-state index contributed by atoms with van der Waals surface area (Å²) in [4.78, 5) is 23.7. The first-order valence-corrected chi connectivity index (χ1v) is 14.6. The number of carbonyl (C=O) groups excluding carboxylic acids is 1. The Morgan fingerprint density at radius 1 is 1.39 bits per heavy atom. The van der Waals surface area contributed by atoms with Gasteiger partial charge >= 0.3 is 10.3 Å². The fraction of sp³-hybridized carbons (Fsp3) is 0.318. The smallest absolute Gasteiger partial charge is 0.333 e. The van der Waals surface area contributed by atoms with Crippen molar-refractivity contribution in [3.05, 3.63) is 63.2 Å². The number of aliphatic hydroxyl groups excluding tert-OH is 1. The quantitative estimate of drug-likeness (QED) is 0.259. The summed E-state index contributed by atoms with van der Waals surface area (Å²) < 4.78 is 39.9. The molecule has 192 valence electrons. The van der Waals surface area contributed by atoms with Gasteiger partial charge in [0.25, 0.3) is 0 Å². The van der Waals surface area contributed by atoms with Gasteiger partial charge in [0.2, 0.25) is 5.78 Å². The van der Waals surface area contributed by atoms with Crippen molar-refractivity contribution in [3.63, 3.8) is 0 Å². The van der Waals surface area contributed by atoms with Gasteiger partial charge in [-0.2, -0.15) is 8.42 Å². The molecule has 1 fully saturated rings. The summed E-state index contributed by atoms with van der Waals surface area (Å²) in [5.41, 5.74) is 0.220. The van der Waals surface area contributed by atoms with Gasteiger partial charge in [0.1, 0.15) is 12.1 Å². The Bertz CT molecular complexity index is 1370. The molecule has 1 saturated carbocycles. The fourth-order valence-electron chi connectivity index (χ4n) is 3.99. The number of halogens is 1. The molecule has 14 heteroatoms. The summed E-state index contributed by atoms with van der Waals surface area (Å²) in [6, 6.07) is 8.07. The van der Waals surface area contributed by atoms with Crippen LogP contribution in [0.5, 0.6) is 0 Å². The molecule has 1 aliphatic carbocycles. The van der Waals surface area contributed by atoms with E-state index >= 15 is 0 Å². The van der Waals surface area contributed by atoms with Crippen molar-refractivity contribution < 1.29 is 27.1 Å². The zero-order valence-corrected chi connectivity index (χ0v) is 22.2. The minimum absolute atomic E-state index is 0.220. The number of thiophene rings is 1. The number of aryl methyl sites for hydroxylation is 1. The van der Waals surface area contributed by atoms with Gasteiger partial charge in [-0.15, -0.1) is 11.3 Å². The third-order valence-corrected chi connectivity index (χ3v) is 9.09. The lowest BCUT2D eigenvalue weighted by Crippen LogP contribution is -2.24. The number of hydrogen-bond donors (Lipinski definition) is 3. The second-order valence-corrected chi connectivity index (χ2v) is 12.7. The number of ketones is 1. The molecule has 0 saturated heterocycles. The highest BCUT2D eigenvalue weighted by Crippen LogP contribution is 2.34. The summed E-state index contributed by atoms with van der Waals surface area (Å²) in [6.45, 7) is 1.55. The predicted molar refractivity (Wildman–Crippen MR) is 136 cm³/mol. The van der Waals surface area contributed by atoms with Gasteiger partial charge in [-0.3, -0.25) is 8.98 Å². The summed E-state index contributed by atoms with van der Waals surface area (Å²) in [5, 5.41) is 18.8. The molecule has 4 N–H and O–H groups in total. The number of anilines is 1. The van der Waals surface area contributed by atoms with Crippen LogP contribution in [0.2, 0.25) is 5.02 Å². The zero-order chi connectivity index (χ0) is 26.0. The first-order valence-electron chi connectivity index (χ1n) is 10.8. The Kier molecular flexibility index (Phi) is 8.32. The van der Waals surface area contributed by atoms with E-state index in [2.05, 4.69) is 19.5 Å². The van der Waals surface area contributed by atoms with Gasteiger partial charge in [0.15, 0.2) is 9.79 Å². The van der Waals surface area contributed by atoms with Gasteiger partial charge in [0.05, 0.1) is 28.0 Å². The van der Waals surface area contributed by atoms with Crippen molar-refractivity contribution in [1.29, 1.82) is 0 Å². The van der Waals surface area contributed by atoms with E-state index in [9.17, 15) is 22.9 Å². The van der Waals surface area contributed by atoms with E-state index < -0.39 is 33.5 Å². The lowest BCUT2D eigenvalue weighted by molar-refractivity contribution is 0.101. The van der Waals surface area contributed by atoms with Gasteiger partial charge in [0, 0.05) is 46.5 Å². The molecular formula is C22H23ClN4O6S3. The summed E-state index contributed by atoms with van der Waals surface area (Å²) in [7, 11) is -4.11. The number of nitrogens with one attached hydrogen (secondary N) is 1. The van der Waals surface area contributed by atoms with Crippen LogP contribution in [0.4, 0.5) is 5.82 Å². The van der Waals surface area contributed by atoms with Crippen LogP contribution in [0, 0.1) is 12.8 Å². The number of benzene rings is 1. The first kappa shape index (κ1) is 26.9. The molecule has 0 amide bonds. The average Bonchev–Trinajstić information content (AvgIpc) is 3.38. The van der Waals surface area contributed by atoms with E-state index in [0.29, 0.717) is 32.5 Å². The van der Waals surface area contributed by atoms with Crippen molar-refractivity contribution >= 4 is 56.0 Å². The Balaban J connectivity index is 1.51. The third-order valence-electron chi connectivity index (χ3n) is 5.71. The highest BCUT2D eigenvalue weighted by molar-refractivity contribution is 7.91. The van der Waals surface area contributed by atoms with E-state index in [1.807, 2.05) is 0 Å². The molecule has 0 radical (unpaired) electrons. The summed E-state index contributed by atoms with van der Waals surface area (Å²) >= 11 is 5.74. The van der Waals surface area contributed by atoms with Crippen LogP contribution in [-0.2, 0) is 25.7 Å². The number of carbonyl (C=O) groups is 1. The SMILES string of the molecule is Cc1sc(C(=O)c2cncnc2N[C@@H]2C[C@H](COS(N)(=O)=O)[C@@H](O)C2)cc1[S@@+]([O-])c1cccc(Cl)c1. The van der Waals surface area contributed by atoms with Crippen molar-refractivity contribution in [2.75, 3.05) is 11.9 Å². The van der Waals surface area contributed by atoms with E-state index in [0.717, 1.165) is 4.88 Å². The van der Waals surface area contributed by atoms with Crippen LogP contribution < -0.4 is 10.5 Å². The highest BCUT2D eigenvalue weighted by atomic mass is 35.5. The maximum atomic E-state index is 13.4. The minimum Gasteiger partial charge on any atom is -0.606 e. The highest BCUT2D eigenvalue weighted by Gasteiger charge is 2.35. The number of nitrogens with two attached hydrogens (primary N) is 1. The molecule has 0 aliphatic heterocycles. The van der Waals surface area contributed by atoms with Crippen molar-refractivity contribution in [2.24, 2.45) is 11.1 Å². The molecule has 2 aromatic heterocycles. The molecule has 0 bridgehead atoms. The van der Waals surface area contributed by atoms with Crippen LogP contribution >= 0.6 is 22.9 Å². The predicted octanol–water partition coefficient (Wildman–Crippen LogP) is 2.67. The van der Waals surface area contributed by atoms with Gasteiger partial charge in [-0.1, -0.05) is 17.7 Å². The Morgan fingerprint density at radius 3 is 2.89 bits per heavy atom. The molecule has 0 spiro atoms. The lowest BCUT2D eigenvalue weighted by atomic mass is 10.1. The van der Waals surface area contributed by atoms with Gasteiger partial charge in [-0.05, 0) is 31.9 Å². The molecule has 1 aliphatic rings. The van der Waals surface area contributed by atoms with Crippen molar-refractivity contribution in [1.82, 2.24) is 9.97 Å². The maximum Gasteiger partial charge on any atom is 0.333 e. The summed E-state index contributed by atoms with van der Waals surface area (Å²) in [5.74, 6) is -0.511. The number of hydrogen-bond acceptors (Lipinski definition) is 10. The topological polar surface area (TPSA) is 168 Å². The lowest BCUT2D eigenvalue weighted by Gasteiger charge is -2.15. The van der Waals surface area contributed by atoms with E-state index in [1.165, 1.54) is 23.9 Å². The van der Waals surface area contributed by atoms with Gasteiger partial charge < -0.3 is 15.0 Å². The maximum absolute atomic E-state index is 13.4. The Hall–Kier alpha value is -2.10. The summed E-state index contributed by atoms with van der Waals surface area (Å²) in [6.07, 6.45) is 2.57. The molecule has 3 aromatic rings. The van der Waals surface area contributed by atoms with E-state index in [4.69, 9.17) is 16.7 Å². The average molecular weight is 571 g/mol. The van der Waals surface area contributed by atoms with Crippen LogP contribution in [0.1, 0.15) is 33.0 Å². The molecule has 4 rings (SSSR count). The molecule has 1 aromatic carbocycles. The largest absolute Gasteiger partial charge is 0.606 e. The van der Waals surface area contributed by atoms with Crippen LogP contribution in [0.15, 0.2) is 52.6 Å². The third kappa shape index (κ3) is 6.42. The zero-order valence-electron chi connectivity index (χ0n) is 19.0. The van der Waals surface area contributed by atoms with Crippen LogP contribution in [-0.4, -0.2) is 52.6 Å². The number of nitrogens with zero attached hydrogens (tertiary/aromatic N) is 2. The molecule has 0 unspecified atom stereocenters. The van der Waals surface area contributed by atoms with Crippen molar-refractivity contribution in [2.45, 2.75) is 41.7 Å². The first-order chi connectivity index (χ1) is 17.0. The second-order valence-electron chi connectivity index (χ2n) is 8.29. The molecular weight excluding hydrogens is 548 g/mol. The van der Waals surface area contributed by atoms with E-state index in [-0.39, 0.29) is 29.8 Å². The molecule has 36 heavy (non-hydrogen) atoms. The van der Waals surface area contributed by atoms with E-state index in [1.54, 1.807) is 37.3 Å². The fourth-order valence-corrected chi connectivity index (χ4v) is 7.08. The monoisotopic (exact) mass is 570 g/mol. The second kappa shape index (κ2) is 11.1. The standard InChI is InChI=1S/C22H23ClN4O6S3/c1-12-20(35(30)16-4-2-3-14(23)6-16)8-19(34-12)21(29)17-9-25-11-26-22(17)27-15-5-13(18(28)7-15)10-33-36(24,31)32/h2-4,6,8-9,11,13,15,18,28H,5,7,10H2,1H3,(H2,24,31,32)(H,25,26,27)/t13-,15-,18+,35+/m1/s1. The Labute approximate surface area is 220 Å².